The summed E-state index contributed by atoms with van der Waals surface area (Å²) in [6.45, 7) is 4.18. The quantitative estimate of drug-likeness (QED) is 0.639. The van der Waals surface area contributed by atoms with Crippen LogP contribution in [0.1, 0.15) is 48.5 Å². The molecular weight excluding hydrogens is 258 g/mol. The van der Waals surface area contributed by atoms with Gasteiger partial charge in [-0.05, 0) is 30.0 Å². The molecule has 1 unspecified atom stereocenters. The molecule has 0 aliphatic heterocycles. The van der Waals surface area contributed by atoms with Gasteiger partial charge in [0.15, 0.2) is 0 Å². The summed E-state index contributed by atoms with van der Waals surface area (Å²) in [6.07, 6.45) is 1.01. The largest absolute Gasteiger partial charge is 0.469 e. The lowest BCUT2D eigenvalue weighted by molar-refractivity contribution is -0.140. The van der Waals surface area contributed by atoms with Crippen LogP contribution in [0.2, 0.25) is 0 Å². The zero-order chi connectivity index (χ0) is 15.1. The van der Waals surface area contributed by atoms with E-state index in [1.165, 1.54) is 7.11 Å². The maximum atomic E-state index is 11.9. The molecule has 0 aliphatic rings. The van der Waals surface area contributed by atoms with Crippen LogP contribution in [0, 0.1) is 0 Å². The predicted octanol–water partition coefficient (Wildman–Crippen LogP) is 2.50. The zero-order valence-electron chi connectivity index (χ0n) is 12.1. The molecule has 2 N–H and O–H groups in total. The molecule has 110 valence electrons. The molecule has 0 aromatic heterocycles. The van der Waals surface area contributed by atoms with Crippen molar-refractivity contribution in [1.82, 2.24) is 0 Å². The number of esters is 2. The van der Waals surface area contributed by atoms with Gasteiger partial charge < -0.3 is 15.2 Å². The number of methoxy groups -OCH3 is 1. The van der Waals surface area contributed by atoms with E-state index < -0.39 is 5.97 Å². The summed E-state index contributed by atoms with van der Waals surface area (Å²) in [5.74, 6) is -0.776. The van der Waals surface area contributed by atoms with Crippen molar-refractivity contribution in [2.24, 2.45) is 0 Å². The molecule has 0 saturated heterocycles. The van der Waals surface area contributed by atoms with Crippen molar-refractivity contribution in [2.75, 3.05) is 19.5 Å². The second-order valence-corrected chi connectivity index (χ2v) is 4.66. The van der Waals surface area contributed by atoms with Gasteiger partial charge in [0.25, 0.3) is 0 Å². The van der Waals surface area contributed by atoms with Gasteiger partial charge in [0.1, 0.15) is 0 Å². The summed E-state index contributed by atoms with van der Waals surface area (Å²) in [4.78, 5) is 23.2. The van der Waals surface area contributed by atoms with Crippen LogP contribution in [0.15, 0.2) is 18.2 Å². The Kier molecular flexibility index (Phi) is 6.03. The van der Waals surface area contributed by atoms with Crippen molar-refractivity contribution in [3.8, 4) is 0 Å². The van der Waals surface area contributed by atoms with E-state index in [0.717, 1.165) is 12.0 Å². The minimum atomic E-state index is -0.434. The van der Waals surface area contributed by atoms with Gasteiger partial charge in [0.05, 0.1) is 25.7 Å². The van der Waals surface area contributed by atoms with Crippen LogP contribution in [0.25, 0.3) is 0 Å². The van der Waals surface area contributed by atoms with Gasteiger partial charge in [-0.3, -0.25) is 4.79 Å². The molecule has 0 spiro atoms. The Bertz CT molecular complexity index is 485. The maximum absolute atomic E-state index is 11.9. The molecule has 5 heteroatoms. The predicted molar refractivity (Wildman–Crippen MR) is 76.5 cm³/mol. The first-order valence-electron chi connectivity index (χ1n) is 6.63. The lowest BCUT2D eigenvalue weighted by Gasteiger charge is -2.13. The molecule has 1 aromatic carbocycles. The van der Waals surface area contributed by atoms with Crippen molar-refractivity contribution in [1.29, 1.82) is 0 Å². The lowest BCUT2D eigenvalue weighted by Crippen LogP contribution is -2.11. The fourth-order valence-corrected chi connectivity index (χ4v) is 1.78. The molecule has 1 atom stereocenters. The maximum Gasteiger partial charge on any atom is 0.340 e. The minimum absolute atomic E-state index is 0.0548. The van der Waals surface area contributed by atoms with Gasteiger partial charge in [0, 0.05) is 5.69 Å². The van der Waals surface area contributed by atoms with Gasteiger partial charge in [0.2, 0.25) is 0 Å². The molecule has 0 radical (unpaired) electrons. The molecular formula is C15H21NO4. The van der Waals surface area contributed by atoms with E-state index in [1.807, 2.05) is 13.8 Å². The highest BCUT2D eigenvalue weighted by Gasteiger charge is 2.16. The van der Waals surface area contributed by atoms with E-state index in [1.54, 1.807) is 18.2 Å². The van der Waals surface area contributed by atoms with E-state index in [2.05, 4.69) is 4.74 Å². The van der Waals surface area contributed by atoms with Gasteiger partial charge in [-0.2, -0.15) is 0 Å². The molecule has 0 heterocycles. The first-order valence-corrected chi connectivity index (χ1v) is 6.63. The van der Waals surface area contributed by atoms with Crippen molar-refractivity contribution in [2.45, 2.75) is 32.6 Å². The number of benzene rings is 1. The SMILES string of the molecule is CCCOC(=O)c1cc(C(C)CC(=O)OC)ccc1N. The van der Waals surface area contributed by atoms with E-state index in [0.29, 0.717) is 17.9 Å². The highest BCUT2D eigenvalue weighted by atomic mass is 16.5. The van der Waals surface area contributed by atoms with Crippen LogP contribution >= 0.6 is 0 Å². The lowest BCUT2D eigenvalue weighted by atomic mass is 9.95. The van der Waals surface area contributed by atoms with E-state index in [4.69, 9.17) is 10.5 Å². The summed E-state index contributed by atoms with van der Waals surface area (Å²) in [7, 11) is 1.35. The molecule has 0 amide bonds. The first-order chi connectivity index (χ1) is 9.49. The molecule has 0 bridgehead atoms. The third-order valence-corrected chi connectivity index (χ3v) is 3.00. The number of ether oxygens (including phenoxy) is 2. The average Bonchev–Trinajstić information content (AvgIpc) is 2.44. The molecule has 1 aromatic rings. The number of carbonyl (C=O) groups excluding carboxylic acids is 2. The van der Waals surface area contributed by atoms with Crippen molar-refractivity contribution < 1.29 is 19.1 Å². The molecule has 20 heavy (non-hydrogen) atoms. The van der Waals surface area contributed by atoms with E-state index in [-0.39, 0.29) is 18.3 Å². The monoisotopic (exact) mass is 279 g/mol. The van der Waals surface area contributed by atoms with Crippen LogP contribution in [0.3, 0.4) is 0 Å². The fraction of sp³-hybridized carbons (Fsp3) is 0.467. The van der Waals surface area contributed by atoms with E-state index >= 15 is 0 Å². The van der Waals surface area contributed by atoms with Crippen LogP contribution in [-0.2, 0) is 14.3 Å². The Balaban J connectivity index is 2.90. The van der Waals surface area contributed by atoms with Crippen LogP contribution in [0.5, 0.6) is 0 Å². The number of anilines is 1. The number of hydrogen-bond acceptors (Lipinski definition) is 5. The number of carbonyl (C=O) groups is 2. The Labute approximate surface area is 119 Å². The van der Waals surface area contributed by atoms with Crippen molar-refractivity contribution >= 4 is 17.6 Å². The molecule has 5 nitrogen and oxygen atoms in total. The smallest absolute Gasteiger partial charge is 0.340 e. The second-order valence-electron chi connectivity index (χ2n) is 4.66. The topological polar surface area (TPSA) is 78.6 Å². The normalized spacial score (nSPS) is 11.8. The van der Waals surface area contributed by atoms with Gasteiger partial charge in [-0.15, -0.1) is 0 Å². The Hall–Kier alpha value is -2.04. The standard InChI is InChI=1S/C15H21NO4/c1-4-7-20-15(18)12-9-11(5-6-13(12)16)10(2)8-14(17)19-3/h5-6,9-10H,4,7-8,16H2,1-3H3. The number of hydrogen-bond donors (Lipinski definition) is 1. The molecule has 0 aliphatic carbocycles. The highest BCUT2D eigenvalue weighted by Crippen LogP contribution is 2.24. The van der Waals surface area contributed by atoms with Crippen LogP contribution in [-0.4, -0.2) is 25.7 Å². The van der Waals surface area contributed by atoms with Gasteiger partial charge >= 0.3 is 11.9 Å². The van der Waals surface area contributed by atoms with Crippen molar-refractivity contribution in [3.63, 3.8) is 0 Å². The Morgan fingerprint density at radius 2 is 2.05 bits per heavy atom. The molecule has 0 fully saturated rings. The summed E-state index contributed by atoms with van der Waals surface area (Å²) < 4.78 is 9.73. The van der Waals surface area contributed by atoms with Crippen molar-refractivity contribution in [3.05, 3.63) is 29.3 Å². The molecule has 1 rings (SSSR count). The van der Waals surface area contributed by atoms with E-state index in [9.17, 15) is 9.59 Å². The molecule has 0 saturated carbocycles. The highest BCUT2D eigenvalue weighted by molar-refractivity contribution is 5.95. The van der Waals surface area contributed by atoms with Crippen LogP contribution in [0.4, 0.5) is 5.69 Å². The second kappa shape index (κ2) is 7.53. The number of nitrogens with two attached hydrogens (primary N) is 1. The van der Waals surface area contributed by atoms with Gasteiger partial charge in [-0.1, -0.05) is 19.9 Å². The summed E-state index contributed by atoms with van der Waals surface area (Å²) in [5, 5.41) is 0. The Morgan fingerprint density at radius 1 is 1.35 bits per heavy atom. The number of nitrogen functional groups attached to an aromatic ring is 1. The van der Waals surface area contributed by atoms with Gasteiger partial charge in [-0.25, -0.2) is 4.79 Å². The third-order valence-electron chi connectivity index (χ3n) is 3.00. The average molecular weight is 279 g/mol. The summed E-state index contributed by atoms with van der Waals surface area (Å²) in [6, 6.07) is 5.14. The number of rotatable bonds is 6. The third kappa shape index (κ3) is 4.26. The Morgan fingerprint density at radius 3 is 2.65 bits per heavy atom. The summed E-state index contributed by atoms with van der Waals surface area (Å²) >= 11 is 0. The minimum Gasteiger partial charge on any atom is -0.469 e. The first kappa shape index (κ1) is 16.0. The summed E-state index contributed by atoms with van der Waals surface area (Å²) in [5.41, 5.74) is 7.37. The fourth-order valence-electron chi connectivity index (χ4n) is 1.78. The zero-order valence-corrected chi connectivity index (χ0v) is 12.1. The van der Waals surface area contributed by atoms with Crippen LogP contribution < -0.4 is 5.73 Å².